The van der Waals surface area contributed by atoms with Gasteiger partial charge < -0.3 is 14.9 Å². The lowest BCUT2D eigenvalue weighted by atomic mass is 10.2. The van der Waals surface area contributed by atoms with Crippen LogP contribution in [0.3, 0.4) is 0 Å². The van der Waals surface area contributed by atoms with E-state index in [2.05, 4.69) is 14.9 Å². The summed E-state index contributed by atoms with van der Waals surface area (Å²) >= 11 is 12.6. The lowest BCUT2D eigenvalue weighted by molar-refractivity contribution is 0.475. The molecule has 1 aromatic heterocycles. The van der Waals surface area contributed by atoms with Crippen molar-refractivity contribution in [1.82, 2.24) is 9.78 Å². The molecule has 29 heavy (non-hydrogen) atoms. The molecule has 0 aliphatic carbocycles. The molecule has 1 fully saturated rings. The lowest BCUT2D eigenvalue weighted by Gasteiger charge is -2.37. The maximum absolute atomic E-state index is 12.8. The zero-order chi connectivity index (χ0) is 20.5. The zero-order valence-corrected chi connectivity index (χ0v) is 17.4. The number of aromatic hydroxyl groups is 1. The van der Waals surface area contributed by atoms with Crippen LogP contribution in [0.2, 0.25) is 10.0 Å². The molecule has 0 saturated carbocycles. The standard InChI is InChI=1S/C21H20Cl2N4O2/c1-14-2-3-16(12-18(14)22)27-21(29)20(23)19(13-24-27)26-10-8-25(9-11-26)15-4-6-17(28)7-5-15/h2-7,12-13,28H,8-11H2,1H3. The zero-order valence-electron chi connectivity index (χ0n) is 15.8. The molecule has 1 N–H and O–H groups in total. The van der Waals surface area contributed by atoms with Crippen molar-refractivity contribution < 1.29 is 5.11 Å². The minimum atomic E-state index is -0.370. The van der Waals surface area contributed by atoms with Crippen molar-refractivity contribution in [1.29, 1.82) is 0 Å². The van der Waals surface area contributed by atoms with E-state index in [0.29, 0.717) is 29.5 Å². The summed E-state index contributed by atoms with van der Waals surface area (Å²) < 4.78 is 1.27. The highest BCUT2D eigenvalue weighted by Crippen LogP contribution is 2.26. The number of piperazine rings is 1. The second kappa shape index (κ2) is 7.97. The topological polar surface area (TPSA) is 61.6 Å². The summed E-state index contributed by atoms with van der Waals surface area (Å²) in [6.07, 6.45) is 1.63. The second-order valence-corrected chi connectivity index (χ2v) is 7.77. The molecule has 150 valence electrons. The van der Waals surface area contributed by atoms with Crippen LogP contribution < -0.4 is 15.4 Å². The van der Waals surface area contributed by atoms with Crippen molar-refractivity contribution >= 4 is 34.6 Å². The Morgan fingerprint density at radius 3 is 2.21 bits per heavy atom. The van der Waals surface area contributed by atoms with Crippen LogP contribution in [0.1, 0.15) is 5.56 Å². The van der Waals surface area contributed by atoms with Gasteiger partial charge in [-0.25, -0.2) is 0 Å². The Kier molecular flexibility index (Phi) is 5.39. The van der Waals surface area contributed by atoms with Crippen LogP contribution in [0.4, 0.5) is 11.4 Å². The molecular formula is C21H20Cl2N4O2. The highest BCUT2D eigenvalue weighted by atomic mass is 35.5. The highest BCUT2D eigenvalue weighted by molar-refractivity contribution is 6.33. The van der Waals surface area contributed by atoms with Gasteiger partial charge in [-0.05, 0) is 48.9 Å². The van der Waals surface area contributed by atoms with Crippen molar-refractivity contribution in [3.8, 4) is 11.4 Å². The molecule has 0 amide bonds. The minimum Gasteiger partial charge on any atom is -0.508 e. The summed E-state index contributed by atoms with van der Waals surface area (Å²) in [5.41, 5.74) is 2.83. The number of nitrogens with zero attached hydrogens (tertiary/aromatic N) is 4. The number of aromatic nitrogens is 2. The third kappa shape index (κ3) is 3.91. The number of aryl methyl sites for hydroxylation is 1. The van der Waals surface area contributed by atoms with Crippen molar-refractivity contribution in [3.63, 3.8) is 0 Å². The van der Waals surface area contributed by atoms with Gasteiger partial charge in [0.15, 0.2) is 0 Å². The molecule has 3 aromatic rings. The SMILES string of the molecule is Cc1ccc(-n2ncc(N3CCN(c4ccc(O)cc4)CC3)c(Cl)c2=O)cc1Cl. The molecule has 1 aliphatic heterocycles. The van der Waals surface area contributed by atoms with Gasteiger partial charge in [-0.3, -0.25) is 4.79 Å². The molecule has 6 nitrogen and oxygen atoms in total. The van der Waals surface area contributed by atoms with E-state index in [4.69, 9.17) is 23.2 Å². The minimum absolute atomic E-state index is 0.148. The number of phenols is 1. The fourth-order valence-corrected chi connectivity index (χ4v) is 3.83. The van der Waals surface area contributed by atoms with E-state index in [-0.39, 0.29) is 16.3 Å². The van der Waals surface area contributed by atoms with Gasteiger partial charge in [-0.1, -0.05) is 29.3 Å². The first kappa shape index (κ1) is 19.6. The quantitative estimate of drug-likeness (QED) is 0.682. The van der Waals surface area contributed by atoms with Crippen LogP contribution in [-0.4, -0.2) is 41.1 Å². The van der Waals surface area contributed by atoms with Crippen molar-refractivity contribution in [2.75, 3.05) is 36.0 Å². The van der Waals surface area contributed by atoms with Crippen molar-refractivity contribution in [2.45, 2.75) is 6.92 Å². The number of phenolic OH excluding ortho intramolecular Hbond substituents is 1. The van der Waals surface area contributed by atoms with E-state index in [1.54, 1.807) is 30.5 Å². The molecular weight excluding hydrogens is 411 g/mol. The average Bonchev–Trinajstić information content (AvgIpc) is 2.73. The summed E-state index contributed by atoms with van der Waals surface area (Å²) in [6.45, 7) is 4.87. The third-order valence-electron chi connectivity index (χ3n) is 5.14. The van der Waals surface area contributed by atoms with Crippen LogP contribution in [-0.2, 0) is 0 Å². The third-order valence-corrected chi connectivity index (χ3v) is 5.90. The Hall–Kier alpha value is -2.70. The van der Waals surface area contributed by atoms with Gasteiger partial charge in [0.05, 0.1) is 17.6 Å². The Labute approximate surface area is 178 Å². The van der Waals surface area contributed by atoms with E-state index in [1.807, 2.05) is 25.1 Å². The summed E-state index contributed by atoms with van der Waals surface area (Å²) in [4.78, 5) is 17.1. The van der Waals surface area contributed by atoms with Crippen LogP contribution in [0, 0.1) is 6.92 Å². The van der Waals surface area contributed by atoms with Gasteiger partial charge in [0.25, 0.3) is 5.56 Å². The van der Waals surface area contributed by atoms with Crippen molar-refractivity contribution in [2.24, 2.45) is 0 Å². The molecule has 0 spiro atoms. The van der Waals surface area contributed by atoms with E-state index in [9.17, 15) is 9.90 Å². The second-order valence-electron chi connectivity index (χ2n) is 6.98. The lowest BCUT2D eigenvalue weighted by Crippen LogP contribution is -2.47. The van der Waals surface area contributed by atoms with E-state index in [0.717, 1.165) is 24.3 Å². The summed E-state index contributed by atoms with van der Waals surface area (Å²) in [7, 11) is 0. The van der Waals surface area contributed by atoms with Crippen LogP contribution in [0.25, 0.3) is 5.69 Å². The molecule has 2 heterocycles. The number of halogens is 2. The molecule has 2 aromatic carbocycles. The van der Waals surface area contributed by atoms with Gasteiger partial charge in [0.1, 0.15) is 10.8 Å². The molecule has 1 saturated heterocycles. The Morgan fingerprint density at radius 1 is 0.931 bits per heavy atom. The van der Waals surface area contributed by atoms with Gasteiger partial charge >= 0.3 is 0 Å². The maximum Gasteiger partial charge on any atom is 0.292 e. The highest BCUT2D eigenvalue weighted by Gasteiger charge is 2.22. The van der Waals surface area contributed by atoms with E-state index >= 15 is 0 Å². The molecule has 4 rings (SSSR count). The van der Waals surface area contributed by atoms with Crippen LogP contribution >= 0.6 is 23.2 Å². The summed E-state index contributed by atoms with van der Waals surface area (Å²) in [5, 5.41) is 14.5. The first-order chi connectivity index (χ1) is 13.9. The fraction of sp³-hybridized carbons (Fsp3) is 0.238. The Bertz CT molecular complexity index is 1090. The molecule has 0 unspecified atom stereocenters. The molecule has 0 bridgehead atoms. The van der Waals surface area contributed by atoms with Crippen LogP contribution in [0.5, 0.6) is 5.75 Å². The first-order valence-electron chi connectivity index (χ1n) is 9.27. The van der Waals surface area contributed by atoms with Crippen LogP contribution in [0.15, 0.2) is 53.5 Å². The largest absolute Gasteiger partial charge is 0.508 e. The number of benzene rings is 2. The molecule has 1 aliphatic rings. The van der Waals surface area contributed by atoms with Gasteiger partial charge in [-0.15, -0.1) is 0 Å². The van der Waals surface area contributed by atoms with Gasteiger partial charge in [-0.2, -0.15) is 9.78 Å². The van der Waals surface area contributed by atoms with Crippen molar-refractivity contribution in [3.05, 3.63) is 74.6 Å². The maximum atomic E-state index is 12.8. The number of hydrogen-bond donors (Lipinski definition) is 1. The molecule has 8 heteroatoms. The van der Waals surface area contributed by atoms with Gasteiger partial charge in [0, 0.05) is 36.9 Å². The molecule has 0 radical (unpaired) electrons. The number of rotatable bonds is 3. The van der Waals surface area contributed by atoms with E-state index in [1.165, 1.54) is 4.68 Å². The number of anilines is 2. The Balaban J connectivity index is 1.54. The first-order valence-corrected chi connectivity index (χ1v) is 10.0. The fourth-order valence-electron chi connectivity index (χ4n) is 3.41. The summed E-state index contributed by atoms with van der Waals surface area (Å²) in [5.74, 6) is 0.251. The average molecular weight is 431 g/mol. The summed E-state index contributed by atoms with van der Waals surface area (Å²) in [6, 6.07) is 12.5. The van der Waals surface area contributed by atoms with Gasteiger partial charge in [0.2, 0.25) is 0 Å². The number of hydrogen-bond acceptors (Lipinski definition) is 5. The Morgan fingerprint density at radius 2 is 1.55 bits per heavy atom. The predicted molar refractivity (Wildman–Crippen MR) is 117 cm³/mol. The normalized spacial score (nSPS) is 14.3. The molecule has 0 atom stereocenters. The van der Waals surface area contributed by atoms with E-state index < -0.39 is 0 Å². The predicted octanol–water partition coefficient (Wildman–Crippen LogP) is 3.88. The monoisotopic (exact) mass is 430 g/mol. The smallest absolute Gasteiger partial charge is 0.292 e.